The summed E-state index contributed by atoms with van der Waals surface area (Å²) in [6, 6.07) is 3.47. The van der Waals surface area contributed by atoms with Gasteiger partial charge in [-0.25, -0.2) is 4.39 Å². The van der Waals surface area contributed by atoms with E-state index in [1.165, 1.54) is 10.6 Å². The minimum absolute atomic E-state index is 0.0665. The Morgan fingerprint density at radius 2 is 1.96 bits per heavy atom. The number of nitrogens with zero attached hydrogens (tertiary/aromatic N) is 3. The van der Waals surface area contributed by atoms with Crippen molar-refractivity contribution in [3.05, 3.63) is 41.8 Å². The molecule has 0 saturated heterocycles. The SMILES string of the molecule is C[C@H](O)CNc1nnc(-c2ccc(C(F)(F)F)cc2O)c2c(F)ccn12. The predicted octanol–water partition coefficient (Wildman–Crippen LogP) is 3.05. The molecule has 0 saturated carbocycles. The molecular formula is C16H14F4N4O2. The van der Waals surface area contributed by atoms with Gasteiger partial charge in [-0.2, -0.15) is 13.2 Å². The van der Waals surface area contributed by atoms with Crippen LogP contribution < -0.4 is 5.32 Å². The molecule has 1 atom stereocenters. The zero-order valence-electron chi connectivity index (χ0n) is 13.4. The number of phenolic OH excluding ortho intramolecular Hbond substituents is 1. The fourth-order valence-electron chi connectivity index (χ4n) is 2.45. The summed E-state index contributed by atoms with van der Waals surface area (Å²) in [5.41, 5.74) is -1.30. The van der Waals surface area contributed by atoms with E-state index < -0.39 is 29.4 Å². The van der Waals surface area contributed by atoms with Crippen molar-refractivity contribution < 1.29 is 27.8 Å². The van der Waals surface area contributed by atoms with Crippen LogP contribution in [-0.2, 0) is 6.18 Å². The van der Waals surface area contributed by atoms with Crippen molar-refractivity contribution in [3.8, 4) is 17.0 Å². The molecule has 138 valence electrons. The Morgan fingerprint density at radius 3 is 2.58 bits per heavy atom. The van der Waals surface area contributed by atoms with E-state index in [2.05, 4.69) is 15.5 Å². The van der Waals surface area contributed by atoms with E-state index >= 15 is 0 Å². The first-order valence-corrected chi connectivity index (χ1v) is 7.54. The van der Waals surface area contributed by atoms with Crippen LogP contribution in [0.3, 0.4) is 0 Å². The number of fused-ring (bicyclic) bond motifs is 1. The van der Waals surface area contributed by atoms with Crippen LogP contribution in [0.5, 0.6) is 5.75 Å². The summed E-state index contributed by atoms with van der Waals surface area (Å²) in [6.07, 6.45) is -3.95. The van der Waals surface area contributed by atoms with Gasteiger partial charge in [0.05, 0.1) is 11.7 Å². The lowest BCUT2D eigenvalue weighted by Gasteiger charge is -2.13. The second-order valence-electron chi connectivity index (χ2n) is 5.71. The average molecular weight is 370 g/mol. The Hall–Kier alpha value is -2.88. The van der Waals surface area contributed by atoms with Crippen LogP contribution in [0.1, 0.15) is 12.5 Å². The Balaban J connectivity index is 2.12. The molecule has 0 bridgehead atoms. The standard InChI is InChI=1S/C16H14F4N4O2/c1-8(25)7-21-15-23-22-13(14-11(17)4-5-24(14)15)10-3-2-9(6-12(10)26)16(18,19)20/h2-6,8,25-26H,7H2,1H3,(H,21,23)/t8-/m0/s1. The third-order valence-corrected chi connectivity index (χ3v) is 3.67. The minimum Gasteiger partial charge on any atom is -0.507 e. The van der Waals surface area contributed by atoms with Crippen LogP contribution in [0.15, 0.2) is 30.5 Å². The maximum atomic E-state index is 14.2. The van der Waals surface area contributed by atoms with Gasteiger partial charge < -0.3 is 15.5 Å². The van der Waals surface area contributed by atoms with Gasteiger partial charge in [-0.1, -0.05) is 0 Å². The van der Waals surface area contributed by atoms with Crippen molar-refractivity contribution in [1.82, 2.24) is 14.6 Å². The predicted molar refractivity (Wildman–Crippen MR) is 85.2 cm³/mol. The highest BCUT2D eigenvalue weighted by molar-refractivity contribution is 5.81. The Kier molecular flexibility index (Phi) is 4.45. The van der Waals surface area contributed by atoms with Crippen LogP contribution in [0.2, 0.25) is 0 Å². The van der Waals surface area contributed by atoms with Crippen LogP contribution in [0.25, 0.3) is 16.8 Å². The summed E-state index contributed by atoms with van der Waals surface area (Å²) < 4.78 is 53.8. The summed E-state index contributed by atoms with van der Waals surface area (Å²) in [5.74, 6) is -1.24. The van der Waals surface area contributed by atoms with E-state index in [1.807, 2.05) is 0 Å². The number of alkyl halides is 3. The normalized spacial score (nSPS) is 13.2. The van der Waals surface area contributed by atoms with Gasteiger partial charge in [0.1, 0.15) is 17.0 Å². The zero-order valence-corrected chi connectivity index (χ0v) is 13.4. The zero-order chi connectivity index (χ0) is 19.1. The molecule has 0 aliphatic heterocycles. The fraction of sp³-hybridized carbons (Fsp3) is 0.250. The van der Waals surface area contributed by atoms with Crippen molar-refractivity contribution in [2.75, 3.05) is 11.9 Å². The molecule has 26 heavy (non-hydrogen) atoms. The molecular weight excluding hydrogens is 356 g/mol. The molecule has 0 fully saturated rings. The second-order valence-corrected chi connectivity index (χ2v) is 5.71. The number of aliphatic hydroxyl groups excluding tert-OH is 1. The van der Waals surface area contributed by atoms with Crippen molar-refractivity contribution in [2.45, 2.75) is 19.2 Å². The number of nitrogens with one attached hydrogen (secondary N) is 1. The van der Waals surface area contributed by atoms with Gasteiger partial charge in [0.15, 0.2) is 5.82 Å². The Morgan fingerprint density at radius 1 is 1.23 bits per heavy atom. The summed E-state index contributed by atoms with van der Waals surface area (Å²) in [4.78, 5) is 0. The van der Waals surface area contributed by atoms with E-state index in [1.54, 1.807) is 6.92 Å². The highest BCUT2D eigenvalue weighted by atomic mass is 19.4. The number of aromatic nitrogens is 3. The molecule has 3 rings (SSSR count). The van der Waals surface area contributed by atoms with Gasteiger partial charge in [-0.3, -0.25) is 4.40 Å². The number of anilines is 1. The van der Waals surface area contributed by atoms with Crippen LogP contribution >= 0.6 is 0 Å². The number of hydrogen-bond donors (Lipinski definition) is 3. The van der Waals surface area contributed by atoms with E-state index in [9.17, 15) is 27.8 Å². The molecule has 0 spiro atoms. The topological polar surface area (TPSA) is 82.7 Å². The van der Waals surface area contributed by atoms with Gasteiger partial charge in [-0.05, 0) is 31.2 Å². The monoisotopic (exact) mass is 370 g/mol. The molecule has 2 heterocycles. The Bertz CT molecular complexity index is 953. The molecule has 2 aromatic heterocycles. The van der Waals surface area contributed by atoms with E-state index in [0.717, 1.165) is 18.2 Å². The summed E-state index contributed by atoms with van der Waals surface area (Å²) in [7, 11) is 0. The third kappa shape index (κ3) is 3.27. The maximum Gasteiger partial charge on any atom is 0.416 e. The van der Waals surface area contributed by atoms with Crippen molar-refractivity contribution in [1.29, 1.82) is 0 Å². The summed E-state index contributed by atoms with van der Waals surface area (Å²) >= 11 is 0. The highest BCUT2D eigenvalue weighted by Crippen LogP contribution is 2.37. The fourth-order valence-corrected chi connectivity index (χ4v) is 2.45. The van der Waals surface area contributed by atoms with Gasteiger partial charge in [0.2, 0.25) is 5.95 Å². The summed E-state index contributed by atoms with van der Waals surface area (Å²) in [6.45, 7) is 1.68. The molecule has 3 aromatic rings. The molecule has 0 aliphatic carbocycles. The molecule has 6 nitrogen and oxygen atoms in total. The number of benzene rings is 1. The van der Waals surface area contributed by atoms with Gasteiger partial charge in [0, 0.05) is 18.3 Å². The van der Waals surface area contributed by atoms with Crippen molar-refractivity contribution in [2.24, 2.45) is 0 Å². The van der Waals surface area contributed by atoms with Gasteiger partial charge in [-0.15, -0.1) is 10.2 Å². The van der Waals surface area contributed by atoms with E-state index in [-0.39, 0.29) is 29.3 Å². The molecule has 0 radical (unpaired) electrons. The van der Waals surface area contributed by atoms with Crippen LogP contribution in [-0.4, -0.2) is 37.5 Å². The number of phenols is 1. The molecule has 0 aliphatic rings. The number of halogens is 4. The molecule has 0 unspecified atom stereocenters. The first-order valence-electron chi connectivity index (χ1n) is 7.54. The molecule has 10 heteroatoms. The molecule has 3 N–H and O–H groups in total. The average Bonchev–Trinajstić information content (AvgIpc) is 2.94. The number of aromatic hydroxyl groups is 1. The van der Waals surface area contributed by atoms with Crippen LogP contribution in [0, 0.1) is 5.82 Å². The lowest BCUT2D eigenvalue weighted by Crippen LogP contribution is -2.18. The number of hydrogen-bond acceptors (Lipinski definition) is 5. The number of rotatable bonds is 4. The highest BCUT2D eigenvalue weighted by Gasteiger charge is 2.31. The Labute approximate surface area is 144 Å². The molecule has 1 aromatic carbocycles. The van der Waals surface area contributed by atoms with Crippen LogP contribution in [0.4, 0.5) is 23.5 Å². The van der Waals surface area contributed by atoms with Gasteiger partial charge >= 0.3 is 6.18 Å². The molecule has 0 amide bonds. The second kappa shape index (κ2) is 6.45. The minimum atomic E-state index is -4.62. The smallest absolute Gasteiger partial charge is 0.416 e. The lowest BCUT2D eigenvalue weighted by atomic mass is 10.1. The largest absolute Gasteiger partial charge is 0.507 e. The summed E-state index contributed by atoms with van der Waals surface area (Å²) in [5, 5.41) is 29.8. The number of aliphatic hydroxyl groups is 1. The first kappa shape index (κ1) is 17.9. The lowest BCUT2D eigenvalue weighted by molar-refractivity contribution is -0.137. The maximum absolute atomic E-state index is 14.2. The van der Waals surface area contributed by atoms with E-state index in [4.69, 9.17) is 0 Å². The first-order chi connectivity index (χ1) is 12.2. The van der Waals surface area contributed by atoms with Gasteiger partial charge in [0.25, 0.3) is 0 Å². The van der Waals surface area contributed by atoms with Crippen molar-refractivity contribution in [3.63, 3.8) is 0 Å². The third-order valence-electron chi connectivity index (χ3n) is 3.67. The quantitative estimate of drug-likeness (QED) is 0.615. The van der Waals surface area contributed by atoms with E-state index in [0.29, 0.717) is 6.07 Å². The van der Waals surface area contributed by atoms with Crippen molar-refractivity contribution >= 4 is 11.5 Å².